The number of nitrogens with zero attached hydrogens (tertiary/aromatic N) is 2. The van der Waals surface area contributed by atoms with Crippen LogP contribution >= 0.6 is 22.6 Å². The Bertz CT molecular complexity index is 365. The van der Waals surface area contributed by atoms with Gasteiger partial charge in [0.1, 0.15) is 0 Å². The summed E-state index contributed by atoms with van der Waals surface area (Å²) in [5.41, 5.74) is 0.688. The second kappa shape index (κ2) is 4.17. The monoisotopic (exact) mass is 291 g/mol. The summed E-state index contributed by atoms with van der Waals surface area (Å²) in [7, 11) is 0. The molecule has 68 valence electrons. The molecule has 0 bridgehead atoms. The highest BCUT2D eigenvalue weighted by Gasteiger charge is 2.10. The summed E-state index contributed by atoms with van der Waals surface area (Å²) in [6.45, 7) is 0. The predicted molar refractivity (Wildman–Crippen MR) is 57.6 cm³/mol. The summed E-state index contributed by atoms with van der Waals surface area (Å²) < 4.78 is 0.594. The van der Waals surface area contributed by atoms with E-state index in [1.54, 1.807) is 12.1 Å². The first kappa shape index (κ1) is 9.90. The molecule has 0 aromatic heterocycles. The van der Waals surface area contributed by atoms with Crippen LogP contribution in [0.5, 0.6) is 0 Å². The van der Waals surface area contributed by atoms with E-state index in [1.807, 2.05) is 22.6 Å². The second-order valence-electron chi connectivity index (χ2n) is 2.25. The fraction of sp³-hybridized carbons (Fsp3) is 0. The molecule has 0 unspecified atom stereocenters. The summed E-state index contributed by atoms with van der Waals surface area (Å²) in [6.07, 6.45) is 1.36. The van der Waals surface area contributed by atoms with Gasteiger partial charge in [-0.3, -0.25) is 10.1 Å². The summed E-state index contributed by atoms with van der Waals surface area (Å²) in [5, 5.41) is 13.8. The van der Waals surface area contributed by atoms with Crippen molar-refractivity contribution in [1.29, 1.82) is 0 Å². The quantitative estimate of drug-likeness (QED) is 0.295. The molecular formula is C7H6IN3O2. The molecule has 0 aliphatic heterocycles. The number of halogens is 1. The van der Waals surface area contributed by atoms with Crippen molar-refractivity contribution in [2.75, 3.05) is 0 Å². The van der Waals surface area contributed by atoms with Crippen LogP contribution in [-0.2, 0) is 0 Å². The number of nitro benzene ring substituents is 1. The van der Waals surface area contributed by atoms with E-state index in [9.17, 15) is 10.1 Å². The van der Waals surface area contributed by atoms with Crippen LogP contribution in [0.2, 0.25) is 0 Å². The Morgan fingerprint density at radius 3 is 2.85 bits per heavy atom. The zero-order valence-corrected chi connectivity index (χ0v) is 8.63. The van der Waals surface area contributed by atoms with Crippen molar-refractivity contribution >= 4 is 34.5 Å². The minimum atomic E-state index is -0.435. The molecular weight excluding hydrogens is 285 g/mol. The maximum Gasteiger partial charge on any atom is 0.283 e. The van der Waals surface area contributed by atoms with E-state index < -0.39 is 4.92 Å². The molecule has 6 heteroatoms. The largest absolute Gasteiger partial charge is 0.323 e. The Morgan fingerprint density at radius 2 is 2.31 bits per heavy atom. The Hall–Kier alpha value is -1.18. The third-order valence-corrected chi connectivity index (χ3v) is 2.30. The van der Waals surface area contributed by atoms with Crippen LogP contribution in [0.3, 0.4) is 0 Å². The van der Waals surface area contributed by atoms with Crippen molar-refractivity contribution in [3.05, 3.63) is 37.4 Å². The van der Waals surface area contributed by atoms with Crippen molar-refractivity contribution in [1.82, 2.24) is 0 Å². The van der Waals surface area contributed by atoms with Gasteiger partial charge in [0.05, 0.1) is 14.7 Å². The standard InChI is InChI=1S/C7H6IN3O2/c8-6-2-1-5(4-10-9)3-7(6)11(12)13/h1-4H,9H2. The van der Waals surface area contributed by atoms with E-state index in [0.29, 0.717) is 9.13 Å². The fourth-order valence-corrected chi connectivity index (χ4v) is 1.37. The van der Waals surface area contributed by atoms with E-state index >= 15 is 0 Å². The number of nitrogens with two attached hydrogens (primary N) is 1. The molecule has 1 rings (SSSR count). The molecule has 5 nitrogen and oxygen atoms in total. The zero-order chi connectivity index (χ0) is 9.84. The van der Waals surface area contributed by atoms with Gasteiger partial charge in [-0.2, -0.15) is 5.10 Å². The maximum atomic E-state index is 10.5. The Morgan fingerprint density at radius 1 is 1.62 bits per heavy atom. The average Bonchev–Trinajstić information content (AvgIpc) is 2.08. The minimum absolute atomic E-state index is 0.0676. The molecule has 0 aliphatic carbocycles. The lowest BCUT2D eigenvalue weighted by atomic mass is 10.2. The number of hydrogen-bond donors (Lipinski definition) is 1. The van der Waals surface area contributed by atoms with Crippen molar-refractivity contribution in [3.8, 4) is 0 Å². The number of hydrazone groups is 1. The Kier molecular flexibility index (Phi) is 3.18. The number of hydrogen-bond acceptors (Lipinski definition) is 4. The number of benzene rings is 1. The van der Waals surface area contributed by atoms with E-state index in [-0.39, 0.29) is 5.69 Å². The van der Waals surface area contributed by atoms with Gasteiger partial charge >= 0.3 is 0 Å². The van der Waals surface area contributed by atoms with Crippen LogP contribution in [0.1, 0.15) is 5.56 Å². The first-order chi connectivity index (χ1) is 6.15. The molecule has 0 saturated heterocycles. The molecule has 0 amide bonds. The van der Waals surface area contributed by atoms with Gasteiger partial charge in [-0.25, -0.2) is 0 Å². The third-order valence-electron chi connectivity index (χ3n) is 1.39. The van der Waals surface area contributed by atoms with Crippen molar-refractivity contribution in [3.63, 3.8) is 0 Å². The van der Waals surface area contributed by atoms with E-state index in [1.165, 1.54) is 12.3 Å². The normalized spacial score (nSPS) is 10.5. The van der Waals surface area contributed by atoms with Gasteiger partial charge in [0, 0.05) is 11.6 Å². The first-order valence-corrected chi connectivity index (χ1v) is 4.40. The van der Waals surface area contributed by atoms with Crippen LogP contribution in [0.15, 0.2) is 23.3 Å². The molecule has 13 heavy (non-hydrogen) atoms. The molecule has 0 atom stereocenters. The SMILES string of the molecule is NN=Cc1ccc(I)c([N+](=O)[O-])c1. The van der Waals surface area contributed by atoms with Gasteiger partial charge < -0.3 is 5.84 Å². The van der Waals surface area contributed by atoms with Gasteiger partial charge in [0.2, 0.25) is 0 Å². The fourth-order valence-electron chi connectivity index (χ4n) is 0.836. The van der Waals surface area contributed by atoms with Gasteiger partial charge in [-0.1, -0.05) is 6.07 Å². The summed E-state index contributed by atoms with van der Waals surface area (Å²) in [4.78, 5) is 10.1. The molecule has 0 heterocycles. The van der Waals surface area contributed by atoms with Crippen molar-refractivity contribution < 1.29 is 4.92 Å². The molecule has 0 aliphatic rings. The van der Waals surface area contributed by atoms with Crippen LogP contribution < -0.4 is 5.84 Å². The lowest BCUT2D eigenvalue weighted by molar-refractivity contribution is -0.385. The zero-order valence-electron chi connectivity index (χ0n) is 6.48. The van der Waals surface area contributed by atoms with E-state index in [4.69, 9.17) is 5.84 Å². The molecule has 0 fully saturated rings. The second-order valence-corrected chi connectivity index (χ2v) is 3.41. The Labute approximate surface area is 87.9 Å². The highest BCUT2D eigenvalue weighted by atomic mass is 127. The minimum Gasteiger partial charge on any atom is -0.323 e. The van der Waals surface area contributed by atoms with Gasteiger partial charge in [0.25, 0.3) is 5.69 Å². The van der Waals surface area contributed by atoms with Gasteiger partial charge in [-0.05, 0) is 28.7 Å². The topological polar surface area (TPSA) is 81.5 Å². The summed E-state index contributed by atoms with van der Waals surface area (Å²) in [5.74, 6) is 4.92. The molecule has 2 N–H and O–H groups in total. The molecule has 1 aromatic rings. The van der Waals surface area contributed by atoms with Gasteiger partial charge in [0.15, 0.2) is 0 Å². The molecule has 0 saturated carbocycles. The van der Waals surface area contributed by atoms with Crippen LogP contribution in [0.25, 0.3) is 0 Å². The average molecular weight is 291 g/mol. The smallest absolute Gasteiger partial charge is 0.283 e. The lowest BCUT2D eigenvalue weighted by Gasteiger charge is -1.96. The summed E-state index contributed by atoms with van der Waals surface area (Å²) in [6, 6.07) is 4.79. The first-order valence-electron chi connectivity index (χ1n) is 3.32. The number of nitro groups is 1. The van der Waals surface area contributed by atoms with Crippen LogP contribution in [0.4, 0.5) is 5.69 Å². The third kappa shape index (κ3) is 2.38. The Balaban J connectivity index is 3.18. The summed E-state index contributed by atoms with van der Waals surface area (Å²) >= 11 is 1.90. The molecule has 1 aromatic carbocycles. The predicted octanol–water partition coefficient (Wildman–Crippen LogP) is 1.49. The maximum absolute atomic E-state index is 10.5. The highest BCUT2D eigenvalue weighted by molar-refractivity contribution is 14.1. The van der Waals surface area contributed by atoms with Crippen LogP contribution in [0, 0.1) is 13.7 Å². The van der Waals surface area contributed by atoms with Gasteiger partial charge in [-0.15, -0.1) is 0 Å². The molecule has 0 spiro atoms. The van der Waals surface area contributed by atoms with Crippen molar-refractivity contribution in [2.24, 2.45) is 10.9 Å². The number of rotatable bonds is 2. The lowest BCUT2D eigenvalue weighted by Crippen LogP contribution is -1.94. The highest BCUT2D eigenvalue weighted by Crippen LogP contribution is 2.20. The van der Waals surface area contributed by atoms with Crippen molar-refractivity contribution in [2.45, 2.75) is 0 Å². The van der Waals surface area contributed by atoms with E-state index in [2.05, 4.69) is 5.10 Å². The van der Waals surface area contributed by atoms with E-state index in [0.717, 1.165) is 0 Å². The van der Waals surface area contributed by atoms with Crippen LogP contribution in [-0.4, -0.2) is 11.1 Å². The molecule has 0 radical (unpaired) electrons.